The molecule has 25 heavy (non-hydrogen) atoms. The molecule has 2 aromatic carbocycles. The van der Waals surface area contributed by atoms with E-state index in [9.17, 15) is 13.2 Å². The summed E-state index contributed by atoms with van der Waals surface area (Å²) in [7, 11) is 0. The molecule has 7 heteroatoms. The normalized spacial score (nSPS) is 11.2. The van der Waals surface area contributed by atoms with E-state index < -0.39 is 11.7 Å². The van der Waals surface area contributed by atoms with Gasteiger partial charge in [0.1, 0.15) is 17.5 Å². The molecule has 0 aliphatic carbocycles. The van der Waals surface area contributed by atoms with Gasteiger partial charge in [-0.3, -0.25) is 0 Å². The number of hydrogen-bond donors (Lipinski definition) is 2. The number of para-hydroxylation sites is 1. The van der Waals surface area contributed by atoms with Gasteiger partial charge in [-0.2, -0.15) is 13.2 Å². The second-order valence-corrected chi connectivity index (χ2v) is 5.38. The fraction of sp³-hybridized carbons (Fsp3) is 0.111. The molecule has 0 saturated carbocycles. The van der Waals surface area contributed by atoms with E-state index >= 15 is 0 Å². The first-order valence-corrected chi connectivity index (χ1v) is 7.52. The van der Waals surface area contributed by atoms with Crippen LogP contribution in [0.25, 0.3) is 0 Å². The van der Waals surface area contributed by atoms with Crippen LogP contribution in [0.5, 0.6) is 0 Å². The summed E-state index contributed by atoms with van der Waals surface area (Å²) in [5, 5.41) is 6.03. The van der Waals surface area contributed by atoms with Crippen molar-refractivity contribution in [1.82, 2.24) is 9.97 Å². The van der Waals surface area contributed by atoms with Crippen LogP contribution in [0.3, 0.4) is 0 Å². The summed E-state index contributed by atoms with van der Waals surface area (Å²) in [5.41, 5.74) is 0.440. The van der Waals surface area contributed by atoms with Crippen molar-refractivity contribution in [1.29, 1.82) is 0 Å². The Morgan fingerprint density at radius 1 is 0.760 bits per heavy atom. The summed E-state index contributed by atoms with van der Waals surface area (Å²) in [6, 6.07) is 16.1. The Morgan fingerprint density at radius 3 is 2.00 bits per heavy atom. The van der Waals surface area contributed by atoms with Crippen LogP contribution >= 0.6 is 0 Å². The first kappa shape index (κ1) is 16.8. The van der Waals surface area contributed by atoms with Gasteiger partial charge < -0.3 is 10.6 Å². The zero-order valence-corrected chi connectivity index (χ0v) is 13.3. The lowest BCUT2D eigenvalue weighted by molar-refractivity contribution is -0.137. The Balaban J connectivity index is 1.83. The van der Waals surface area contributed by atoms with E-state index in [-0.39, 0.29) is 0 Å². The molecule has 3 aromatic rings. The van der Waals surface area contributed by atoms with Crippen molar-refractivity contribution >= 4 is 23.0 Å². The van der Waals surface area contributed by atoms with Crippen molar-refractivity contribution in [3.05, 3.63) is 72.1 Å². The standard InChI is InChI=1S/C18H15F3N4/c1-12-22-16(24-14-7-3-2-4-8-14)11-17(23-12)25-15-9-5-6-13(10-15)18(19,20)21/h2-11H,1H3,(H2,22,23,24,25). The maximum Gasteiger partial charge on any atom is 0.416 e. The van der Waals surface area contributed by atoms with E-state index in [1.54, 1.807) is 19.1 Å². The number of nitrogens with one attached hydrogen (secondary N) is 2. The zero-order valence-electron chi connectivity index (χ0n) is 13.3. The summed E-state index contributed by atoms with van der Waals surface area (Å²) in [5.74, 6) is 1.45. The summed E-state index contributed by atoms with van der Waals surface area (Å²) >= 11 is 0. The molecule has 1 aromatic heterocycles. The van der Waals surface area contributed by atoms with Gasteiger partial charge in [0.05, 0.1) is 5.56 Å². The fourth-order valence-electron chi connectivity index (χ4n) is 2.29. The molecule has 3 rings (SSSR count). The predicted octanol–water partition coefficient (Wildman–Crippen LogP) is 5.29. The fourth-order valence-corrected chi connectivity index (χ4v) is 2.29. The average Bonchev–Trinajstić information content (AvgIpc) is 2.54. The third-order valence-electron chi connectivity index (χ3n) is 3.35. The molecule has 0 fully saturated rings. The van der Waals surface area contributed by atoms with Crippen LogP contribution in [-0.4, -0.2) is 9.97 Å². The van der Waals surface area contributed by atoms with Gasteiger partial charge in [-0.25, -0.2) is 9.97 Å². The molecule has 4 nitrogen and oxygen atoms in total. The minimum Gasteiger partial charge on any atom is -0.340 e. The van der Waals surface area contributed by atoms with E-state index in [2.05, 4.69) is 20.6 Å². The van der Waals surface area contributed by atoms with Gasteiger partial charge in [0.15, 0.2) is 0 Å². The molecular weight excluding hydrogens is 329 g/mol. The summed E-state index contributed by atoms with van der Waals surface area (Å²) in [6.07, 6.45) is -4.39. The molecule has 0 saturated heterocycles. The van der Waals surface area contributed by atoms with Crippen molar-refractivity contribution in [2.24, 2.45) is 0 Å². The van der Waals surface area contributed by atoms with Gasteiger partial charge >= 0.3 is 6.18 Å². The minimum absolute atomic E-state index is 0.304. The number of aromatic nitrogens is 2. The van der Waals surface area contributed by atoms with Gasteiger partial charge in [-0.15, -0.1) is 0 Å². The van der Waals surface area contributed by atoms with Crippen molar-refractivity contribution in [2.45, 2.75) is 13.1 Å². The second-order valence-electron chi connectivity index (χ2n) is 5.38. The quantitative estimate of drug-likeness (QED) is 0.675. The summed E-state index contributed by atoms with van der Waals surface area (Å²) in [6.45, 7) is 1.72. The summed E-state index contributed by atoms with van der Waals surface area (Å²) in [4.78, 5) is 8.50. The molecule has 0 atom stereocenters. The number of alkyl halides is 3. The molecule has 0 amide bonds. The van der Waals surface area contributed by atoms with Gasteiger partial charge in [0.2, 0.25) is 0 Å². The molecule has 0 aliphatic rings. The number of anilines is 4. The monoisotopic (exact) mass is 344 g/mol. The van der Waals surface area contributed by atoms with Crippen LogP contribution in [-0.2, 0) is 6.18 Å². The molecule has 0 aliphatic heterocycles. The highest BCUT2D eigenvalue weighted by Gasteiger charge is 2.30. The smallest absolute Gasteiger partial charge is 0.340 e. The Kier molecular flexibility index (Phi) is 4.56. The Morgan fingerprint density at radius 2 is 1.36 bits per heavy atom. The van der Waals surface area contributed by atoms with Crippen LogP contribution in [0.1, 0.15) is 11.4 Å². The number of aryl methyl sites for hydroxylation is 1. The molecule has 0 spiro atoms. The maximum atomic E-state index is 12.8. The van der Waals surface area contributed by atoms with Gasteiger partial charge in [0.25, 0.3) is 0 Å². The number of halogens is 3. The highest BCUT2D eigenvalue weighted by atomic mass is 19.4. The first-order valence-electron chi connectivity index (χ1n) is 7.52. The predicted molar refractivity (Wildman–Crippen MR) is 91.2 cm³/mol. The number of hydrogen-bond acceptors (Lipinski definition) is 4. The first-order chi connectivity index (χ1) is 11.9. The van der Waals surface area contributed by atoms with Gasteiger partial charge in [-0.05, 0) is 37.3 Å². The molecule has 0 bridgehead atoms. The lowest BCUT2D eigenvalue weighted by atomic mass is 10.2. The average molecular weight is 344 g/mol. The molecule has 0 radical (unpaired) electrons. The zero-order chi connectivity index (χ0) is 17.9. The molecule has 128 valence electrons. The van der Waals surface area contributed by atoms with E-state index in [1.807, 2.05) is 30.3 Å². The lowest BCUT2D eigenvalue weighted by Crippen LogP contribution is -2.06. The van der Waals surface area contributed by atoms with Gasteiger partial charge in [0, 0.05) is 17.4 Å². The van der Waals surface area contributed by atoms with Gasteiger partial charge in [-0.1, -0.05) is 24.3 Å². The number of nitrogens with zero attached hydrogens (tertiary/aromatic N) is 2. The highest BCUT2D eigenvalue weighted by molar-refractivity contribution is 5.63. The second kappa shape index (κ2) is 6.80. The molecule has 2 N–H and O–H groups in total. The van der Waals surface area contributed by atoms with Crippen LogP contribution in [0, 0.1) is 6.92 Å². The Hall–Kier alpha value is -3.09. The Bertz CT molecular complexity index is 864. The SMILES string of the molecule is Cc1nc(Nc2ccccc2)cc(Nc2cccc(C(F)(F)F)c2)n1. The highest BCUT2D eigenvalue weighted by Crippen LogP contribution is 2.31. The maximum absolute atomic E-state index is 12.8. The van der Waals surface area contributed by atoms with Crippen molar-refractivity contribution < 1.29 is 13.2 Å². The van der Waals surface area contributed by atoms with Crippen LogP contribution in [0.2, 0.25) is 0 Å². The number of benzene rings is 2. The van der Waals surface area contributed by atoms with E-state index in [4.69, 9.17) is 0 Å². The Labute approximate surface area is 142 Å². The minimum atomic E-state index is -4.39. The third kappa shape index (κ3) is 4.47. The van der Waals surface area contributed by atoms with Crippen molar-refractivity contribution in [2.75, 3.05) is 10.6 Å². The van der Waals surface area contributed by atoms with E-state index in [0.29, 0.717) is 23.1 Å². The van der Waals surface area contributed by atoms with Crippen molar-refractivity contribution in [3.8, 4) is 0 Å². The molecular formula is C18H15F3N4. The lowest BCUT2D eigenvalue weighted by Gasteiger charge is -2.12. The summed E-state index contributed by atoms with van der Waals surface area (Å²) < 4.78 is 38.4. The topological polar surface area (TPSA) is 49.8 Å². The number of rotatable bonds is 4. The largest absolute Gasteiger partial charge is 0.416 e. The molecule has 1 heterocycles. The third-order valence-corrected chi connectivity index (χ3v) is 3.35. The van der Waals surface area contributed by atoms with E-state index in [1.165, 1.54) is 6.07 Å². The van der Waals surface area contributed by atoms with E-state index in [0.717, 1.165) is 17.8 Å². The van der Waals surface area contributed by atoms with Crippen molar-refractivity contribution in [3.63, 3.8) is 0 Å². The molecule has 0 unspecified atom stereocenters. The van der Waals surface area contributed by atoms with Crippen LogP contribution in [0.15, 0.2) is 60.7 Å². The van der Waals surface area contributed by atoms with Crippen LogP contribution < -0.4 is 10.6 Å². The van der Waals surface area contributed by atoms with Crippen LogP contribution in [0.4, 0.5) is 36.2 Å².